The lowest BCUT2D eigenvalue weighted by atomic mass is 10.1. The maximum atomic E-state index is 12.2. The van der Waals surface area contributed by atoms with Gasteiger partial charge in [0.2, 0.25) is 11.8 Å². The van der Waals surface area contributed by atoms with Crippen LogP contribution in [0.3, 0.4) is 0 Å². The second-order valence-electron chi connectivity index (χ2n) is 5.83. The standard InChI is InChI=1S/C14H24N2O3/c1-11(2)10-19-8-4-6-15-9-13(17)16-7-3-5-12(16)14(15)18/h11-12H,3-10H2,1-2H3. The largest absolute Gasteiger partial charge is 0.381 e. The Morgan fingerprint density at radius 1 is 1.37 bits per heavy atom. The molecular formula is C14H24N2O3. The second kappa shape index (κ2) is 6.37. The predicted octanol–water partition coefficient (Wildman–Crippen LogP) is 0.882. The van der Waals surface area contributed by atoms with Crippen molar-refractivity contribution in [2.24, 2.45) is 5.92 Å². The molecule has 0 radical (unpaired) electrons. The van der Waals surface area contributed by atoms with Gasteiger partial charge in [0.15, 0.2) is 0 Å². The Morgan fingerprint density at radius 3 is 2.89 bits per heavy atom. The number of fused-ring (bicyclic) bond motifs is 1. The van der Waals surface area contributed by atoms with Gasteiger partial charge in [0.25, 0.3) is 0 Å². The molecule has 2 aliphatic heterocycles. The minimum Gasteiger partial charge on any atom is -0.381 e. The van der Waals surface area contributed by atoms with Crippen LogP contribution in [-0.4, -0.2) is 60.5 Å². The molecular weight excluding hydrogens is 244 g/mol. The Bertz CT molecular complexity index is 344. The van der Waals surface area contributed by atoms with Crippen molar-refractivity contribution in [2.75, 3.05) is 32.8 Å². The molecule has 108 valence electrons. The summed E-state index contributed by atoms with van der Waals surface area (Å²) in [7, 11) is 0. The van der Waals surface area contributed by atoms with Crippen LogP contribution in [0.1, 0.15) is 33.1 Å². The number of carbonyl (C=O) groups is 2. The highest BCUT2D eigenvalue weighted by Gasteiger charge is 2.41. The van der Waals surface area contributed by atoms with E-state index in [2.05, 4.69) is 13.8 Å². The van der Waals surface area contributed by atoms with E-state index in [1.54, 1.807) is 9.80 Å². The Kier molecular flexibility index (Phi) is 4.80. The number of ether oxygens (including phenoxy) is 1. The zero-order chi connectivity index (χ0) is 13.8. The molecule has 0 aromatic rings. The first kappa shape index (κ1) is 14.3. The maximum Gasteiger partial charge on any atom is 0.245 e. The molecule has 0 N–H and O–H groups in total. The van der Waals surface area contributed by atoms with E-state index in [9.17, 15) is 9.59 Å². The minimum absolute atomic E-state index is 0.102. The molecule has 1 unspecified atom stereocenters. The molecule has 0 bridgehead atoms. The molecule has 0 aromatic carbocycles. The predicted molar refractivity (Wildman–Crippen MR) is 71.6 cm³/mol. The van der Waals surface area contributed by atoms with Gasteiger partial charge >= 0.3 is 0 Å². The molecule has 2 fully saturated rings. The first-order chi connectivity index (χ1) is 9.09. The molecule has 5 nitrogen and oxygen atoms in total. The summed E-state index contributed by atoms with van der Waals surface area (Å²) in [5.41, 5.74) is 0. The Morgan fingerprint density at radius 2 is 2.16 bits per heavy atom. The van der Waals surface area contributed by atoms with Gasteiger partial charge in [-0.25, -0.2) is 0 Å². The van der Waals surface area contributed by atoms with E-state index < -0.39 is 0 Å². The van der Waals surface area contributed by atoms with Crippen molar-refractivity contribution in [1.29, 1.82) is 0 Å². The van der Waals surface area contributed by atoms with Gasteiger partial charge in [-0.1, -0.05) is 13.8 Å². The van der Waals surface area contributed by atoms with Crippen LogP contribution in [0.5, 0.6) is 0 Å². The highest BCUT2D eigenvalue weighted by Crippen LogP contribution is 2.23. The van der Waals surface area contributed by atoms with Crippen molar-refractivity contribution in [1.82, 2.24) is 9.80 Å². The summed E-state index contributed by atoms with van der Waals surface area (Å²) in [4.78, 5) is 27.6. The Labute approximate surface area is 114 Å². The maximum absolute atomic E-state index is 12.2. The number of amides is 2. The smallest absolute Gasteiger partial charge is 0.245 e. The first-order valence-electron chi connectivity index (χ1n) is 7.25. The summed E-state index contributed by atoms with van der Waals surface area (Å²) in [5.74, 6) is 0.761. The lowest BCUT2D eigenvalue weighted by Gasteiger charge is -2.36. The SMILES string of the molecule is CC(C)COCCCN1CC(=O)N2CCCC2C1=O. The van der Waals surface area contributed by atoms with E-state index in [4.69, 9.17) is 4.74 Å². The van der Waals surface area contributed by atoms with Crippen LogP contribution in [0.4, 0.5) is 0 Å². The van der Waals surface area contributed by atoms with Crippen LogP contribution >= 0.6 is 0 Å². The quantitative estimate of drug-likeness (QED) is 0.672. The normalized spacial score (nSPS) is 23.4. The first-order valence-corrected chi connectivity index (χ1v) is 7.25. The van der Waals surface area contributed by atoms with E-state index >= 15 is 0 Å². The third kappa shape index (κ3) is 3.47. The number of nitrogens with zero attached hydrogens (tertiary/aromatic N) is 2. The topological polar surface area (TPSA) is 49.9 Å². The van der Waals surface area contributed by atoms with Crippen LogP contribution in [0.25, 0.3) is 0 Å². The second-order valence-corrected chi connectivity index (χ2v) is 5.83. The van der Waals surface area contributed by atoms with Crippen molar-refractivity contribution in [2.45, 2.75) is 39.2 Å². The van der Waals surface area contributed by atoms with Crippen molar-refractivity contribution in [3.8, 4) is 0 Å². The summed E-state index contributed by atoms with van der Waals surface area (Å²) in [5, 5.41) is 0. The van der Waals surface area contributed by atoms with E-state index in [-0.39, 0.29) is 24.4 Å². The summed E-state index contributed by atoms with van der Waals surface area (Å²) in [6.07, 6.45) is 2.58. The molecule has 0 aliphatic carbocycles. The number of piperazine rings is 1. The number of rotatable bonds is 6. The lowest BCUT2D eigenvalue weighted by molar-refractivity contribution is -0.153. The number of hydrogen-bond donors (Lipinski definition) is 0. The molecule has 0 aromatic heterocycles. The molecule has 2 saturated heterocycles. The molecule has 5 heteroatoms. The van der Waals surface area contributed by atoms with Gasteiger partial charge in [0.05, 0.1) is 6.54 Å². The Balaban J connectivity index is 1.74. The van der Waals surface area contributed by atoms with Crippen LogP contribution in [-0.2, 0) is 14.3 Å². The van der Waals surface area contributed by atoms with Gasteiger partial charge in [-0.2, -0.15) is 0 Å². The summed E-state index contributed by atoms with van der Waals surface area (Å²) in [6, 6.07) is -0.183. The summed E-state index contributed by atoms with van der Waals surface area (Å²) >= 11 is 0. The zero-order valence-corrected chi connectivity index (χ0v) is 11.9. The van der Waals surface area contributed by atoms with Crippen LogP contribution < -0.4 is 0 Å². The summed E-state index contributed by atoms with van der Waals surface area (Å²) in [6.45, 7) is 7.27. The number of carbonyl (C=O) groups excluding carboxylic acids is 2. The van der Waals surface area contributed by atoms with Gasteiger partial charge in [0.1, 0.15) is 6.04 Å². The molecule has 19 heavy (non-hydrogen) atoms. The van der Waals surface area contributed by atoms with Crippen molar-refractivity contribution < 1.29 is 14.3 Å². The van der Waals surface area contributed by atoms with E-state index in [1.165, 1.54) is 0 Å². The minimum atomic E-state index is -0.183. The van der Waals surface area contributed by atoms with Crippen molar-refractivity contribution in [3.05, 3.63) is 0 Å². The fourth-order valence-electron chi connectivity index (χ4n) is 2.73. The van der Waals surface area contributed by atoms with Crippen molar-refractivity contribution >= 4 is 11.8 Å². The molecule has 0 saturated carbocycles. The third-order valence-corrected chi connectivity index (χ3v) is 3.66. The fraction of sp³-hybridized carbons (Fsp3) is 0.857. The Hall–Kier alpha value is -1.10. The highest BCUT2D eigenvalue weighted by atomic mass is 16.5. The van der Waals surface area contributed by atoms with E-state index in [0.29, 0.717) is 19.1 Å². The van der Waals surface area contributed by atoms with Crippen LogP contribution in [0.15, 0.2) is 0 Å². The molecule has 1 atom stereocenters. The molecule has 2 heterocycles. The monoisotopic (exact) mass is 268 g/mol. The third-order valence-electron chi connectivity index (χ3n) is 3.66. The van der Waals surface area contributed by atoms with Gasteiger partial charge in [-0.05, 0) is 25.2 Å². The molecule has 2 aliphatic rings. The van der Waals surface area contributed by atoms with E-state index in [0.717, 1.165) is 32.4 Å². The van der Waals surface area contributed by atoms with Gasteiger partial charge in [-0.15, -0.1) is 0 Å². The van der Waals surface area contributed by atoms with Gasteiger partial charge in [0, 0.05) is 26.3 Å². The van der Waals surface area contributed by atoms with E-state index in [1.807, 2.05) is 0 Å². The average molecular weight is 268 g/mol. The van der Waals surface area contributed by atoms with Crippen LogP contribution in [0, 0.1) is 5.92 Å². The van der Waals surface area contributed by atoms with Gasteiger partial charge in [-0.3, -0.25) is 9.59 Å². The summed E-state index contributed by atoms with van der Waals surface area (Å²) < 4.78 is 5.50. The average Bonchev–Trinajstić information content (AvgIpc) is 2.84. The van der Waals surface area contributed by atoms with Crippen LogP contribution in [0.2, 0.25) is 0 Å². The number of hydrogen-bond acceptors (Lipinski definition) is 3. The fourth-order valence-corrected chi connectivity index (χ4v) is 2.73. The lowest BCUT2D eigenvalue weighted by Crippen LogP contribution is -2.57. The molecule has 0 spiro atoms. The van der Waals surface area contributed by atoms with Crippen molar-refractivity contribution in [3.63, 3.8) is 0 Å². The molecule has 2 amide bonds. The molecule has 2 rings (SSSR count). The highest BCUT2D eigenvalue weighted by molar-refractivity contribution is 5.95. The zero-order valence-electron chi connectivity index (χ0n) is 11.9. The van der Waals surface area contributed by atoms with Gasteiger partial charge < -0.3 is 14.5 Å².